The third-order valence-corrected chi connectivity index (χ3v) is 4.79. The molecular formula is C22H19N3O3. The van der Waals surface area contributed by atoms with E-state index >= 15 is 0 Å². The third kappa shape index (κ3) is 3.32. The second kappa shape index (κ2) is 7.52. The Labute approximate surface area is 162 Å². The lowest BCUT2D eigenvalue weighted by molar-refractivity contribution is -0.482. The summed E-state index contributed by atoms with van der Waals surface area (Å²) in [7, 11) is 1.62. The predicted octanol–water partition coefficient (Wildman–Crippen LogP) is 4.42. The quantitative estimate of drug-likeness (QED) is 0.371. The van der Waals surface area contributed by atoms with Crippen LogP contribution in [0.5, 0.6) is 5.75 Å². The SMILES string of the molecule is COc1ccc(-c2nc3ccccn3c2C(C[N+](=O)[O-])c2ccccc2)cc1. The van der Waals surface area contributed by atoms with Crippen molar-refractivity contribution in [3.63, 3.8) is 0 Å². The van der Waals surface area contributed by atoms with Gasteiger partial charge in [-0.25, -0.2) is 4.98 Å². The van der Waals surface area contributed by atoms with Crippen LogP contribution < -0.4 is 4.74 Å². The molecule has 4 rings (SSSR count). The zero-order valence-electron chi connectivity index (χ0n) is 15.4. The smallest absolute Gasteiger partial charge is 0.216 e. The van der Waals surface area contributed by atoms with Crippen LogP contribution in [0.2, 0.25) is 0 Å². The molecule has 0 fully saturated rings. The van der Waals surface area contributed by atoms with E-state index in [0.29, 0.717) is 0 Å². The molecule has 6 nitrogen and oxygen atoms in total. The van der Waals surface area contributed by atoms with Crippen molar-refractivity contribution in [3.05, 3.63) is 100 Å². The van der Waals surface area contributed by atoms with E-state index in [9.17, 15) is 10.1 Å². The van der Waals surface area contributed by atoms with Crippen LogP contribution in [-0.4, -0.2) is 28.0 Å². The van der Waals surface area contributed by atoms with E-state index < -0.39 is 5.92 Å². The van der Waals surface area contributed by atoms with E-state index in [2.05, 4.69) is 0 Å². The number of rotatable bonds is 6. The van der Waals surface area contributed by atoms with Crippen molar-refractivity contribution in [2.24, 2.45) is 0 Å². The Kier molecular flexibility index (Phi) is 4.76. The van der Waals surface area contributed by atoms with E-state index in [4.69, 9.17) is 9.72 Å². The van der Waals surface area contributed by atoms with Gasteiger partial charge >= 0.3 is 0 Å². The monoisotopic (exact) mass is 373 g/mol. The van der Waals surface area contributed by atoms with Gasteiger partial charge in [0.15, 0.2) is 0 Å². The average Bonchev–Trinajstić information content (AvgIpc) is 3.12. The molecule has 0 amide bonds. The van der Waals surface area contributed by atoms with Crippen LogP contribution >= 0.6 is 0 Å². The zero-order valence-corrected chi connectivity index (χ0v) is 15.4. The summed E-state index contributed by atoms with van der Waals surface area (Å²) in [5, 5.41) is 11.5. The number of ether oxygens (including phenoxy) is 1. The van der Waals surface area contributed by atoms with Crippen LogP contribution in [0.25, 0.3) is 16.9 Å². The Morgan fingerprint density at radius 3 is 2.43 bits per heavy atom. The molecular weight excluding hydrogens is 354 g/mol. The number of aromatic nitrogens is 2. The molecule has 2 aromatic heterocycles. The second-order valence-corrected chi connectivity index (χ2v) is 6.48. The minimum Gasteiger partial charge on any atom is -0.497 e. The van der Waals surface area contributed by atoms with Crippen molar-refractivity contribution in [2.45, 2.75) is 5.92 Å². The van der Waals surface area contributed by atoms with Gasteiger partial charge in [0.05, 0.1) is 24.4 Å². The Hall–Kier alpha value is -3.67. The van der Waals surface area contributed by atoms with Crippen molar-refractivity contribution in [1.29, 1.82) is 0 Å². The molecule has 28 heavy (non-hydrogen) atoms. The van der Waals surface area contributed by atoms with Gasteiger partial charge in [-0.2, -0.15) is 0 Å². The fourth-order valence-electron chi connectivity index (χ4n) is 3.49. The Morgan fingerprint density at radius 1 is 1.04 bits per heavy atom. The van der Waals surface area contributed by atoms with E-state index in [1.54, 1.807) is 7.11 Å². The number of nitro groups is 1. The highest BCUT2D eigenvalue weighted by atomic mass is 16.6. The van der Waals surface area contributed by atoms with Gasteiger partial charge in [-0.1, -0.05) is 36.4 Å². The number of benzene rings is 2. The van der Waals surface area contributed by atoms with Crippen molar-refractivity contribution in [2.75, 3.05) is 13.7 Å². The molecule has 0 saturated carbocycles. The zero-order chi connectivity index (χ0) is 19.5. The van der Waals surface area contributed by atoms with Gasteiger partial charge in [-0.3, -0.25) is 10.1 Å². The Morgan fingerprint density at radius 2 is 1.75 bits per heavy atom. The fraction of sp³-hybridized carbons (Fsp3) is 0.136. The van der Waals surface area contributed by atoms with Crippen molar-refractivity contribution < 1.29 is 9.66 Å². The molecule has 0 aliphatic carbocycles. The molecule has 0 bridgehead atoms. The summed E-state index contributed by atoms with van der Waals surface area (Å²) in [4.78, 5) is 16.0. The standard InChI is InChI=1S/C22H19N3O3/c1-28-18-12-10-17(11-13-18)21-22(24-14-6-5-9-20(24)23-21)19(15-25(26)27)16-7-3-2-4-8-16/h2-14,19H,15H2,1H3. The first-order valence-electron chi connectivity index (χ1n) is 8.95. The minimum absolute atomic E-state index is 0.212. The van der Waals surface area contributed by atoms with Crippen molar-refractivity contribution in [1.82, 2.24) is 9.38 Å². The summed E-state index contributed by atoms with van der Waals surface area (Å²) >= 11 is 0. The summed E-state index contributed by atoms with van der Waals surface area (Å²) in [5.74, 6) is 0.324. The van der Waals surface area contributed by atoms with E-state index in [1.807, 2.05) is 83.4 Å². The summed E-state index contributed by atoms with van der Waals surface area (Å²) in [6, 6.07) is 22.9. The average molecular weight is 373 g/mol. The third-order valence-electron chi connectivity index (χ3n) is 4.79. The number of pyridine rings is 1. The molecule has 1 unspecified atom stereocenters. The Bertz CT molecular complexity index is 1110. The van der Waals surface area contributed by atoms with Gasteiger partial charge in [0.1, 0.15) is 11.4 Å². The molecule has 0 aliphatic heterocycles. The Balaban J connectivity index is 1.95. The lowest BCUT2D eigenvalue weighted by Crippen LogP contribution is -2.16. The van der Waals surface area contributed by atoms with Gasteiger partial charge in [0, 0.05) is 16.7 Å². The molecule has 0 N–H and O–H groups in total. The lowest BCUT2D eigenvalue weighted by Gasteiger charge is -2.16. The van der Waals surface area contributed by atoms with Gasteiger partial charge in [-0.15, -0.1) is 0 Å². The number of hydrogen-bond donors (Lipinski definition) is 0. The number of nitrogens with zero attached hydrogens (tertiary/aromatic N) is 3. The highest BCUT2D eigenvalue weighted by molar-refractivity contribution is 5.68. The van der Waals surface area contributed by atoms with Crippen LogP contribution in [-0.2, 0) is 0 Å². The molecule has 0 spiro atoms. The van der Waals surface area contributed by atoms with Crippen LogP contribution in [0.4, 0.5) is 0 Å². The number of hydrogen-bond acceptors (Lipinski definition) is 4. The van der Waals surface area contributed by atoms with Gasteiger partial charge in [0.2, 0.25) is 6.54 Å². The topological polar surface area (TPSA) is 69.7 Å². The molecule has 0 radical (unpaired) electrons. The van der Waals surface area contributed by atoms with Crippen molar-refractivity contribution in [3.8, 4) is 17.0 Å². The van der Waals surface area contributed by atoms with Gasteiger partial charge in [0.25, 0.3) is 0 Å². The number of imidazole rings is 1. The van der Waals surface area contributed by atoms with Crippen LogP contribution in [0.3, 0.4) is 0 Å². The first kappa shape index (κ1) is 17.7. The maximum absolute atomic E-state index is 11.5. The van der Waals surface area contributed by atoms with Gasteiger partial charge < -0.3 is 9.14 Å². The van der Waals surface area contributed by atoms with E-state index in [-0.39, 0.29) is 11.5 Å². The summed E-state index contributed by atoms with van der Waals surface area (Å²) in [5.41, 5.74) is 4.09. The summed E-state index contributed by atoms with van der Waals surface area (Å²) < 4.78 is 7.19. The van der Waals surface area contributed by atoms with Crippen LogP contribution in [0, 0.1) is 10.1 Å². The first-order chi connectivity index (χ1) is 13.7. The highest BCUT2D eigenvalue weighted by Crippen LogP contribution is 2.34. The van der Waals surface area contributed by atoms with E-state index in [1.165, 1.54) is 0 Å². The molecule has 0 aliphatic rings. The predicted molar refractivity (Wildman–Crippen MR) is 107 cm³/mol. The molecule has 0 saturated heterocycles. The largest absolute Gasteiger partial charge is 0.497 e. The lowest BCUT2D eigenvalue weighted by atomic mass is 9.92. The van der Waals surface area contributed by atoms with Gasteiger partial charge in [-0.05, 0) is 42.0 Å². The molecule has 1 atom stereocenters. The summed E-state index contributed by atoms with van der Waals surface area (Å²) in [6.07, 6.45) is 1.90. The highest BCUT2D eigenvalue weighted by Gasteiger charge is 2.28. The molecule has 140 valence electrons. The minimum atomic E-state index is -0.425. The molecule has 6 heteroatoms. The normalized spacial score (nSPS) is 12.0. The second-order valence-electron chi connectivity index (χ2n) is 6.48. The number of fused-ring (bicyclic) bond motifs is 1. The van der Waals surface area contributed by atoms with Crippen LogP contribution in [0.1, 0.15) is 17.2 Å². The maximum atomic E-state index is 11.5. The molecule has 2 heterocycles. The molecule has 4 aromatic rings. The summed E-state index contributed by atoms with van der Waals surface area (Å²) in [6.45, 7) is -0.212. The first-order valence-corrected chi connectivity index (χ1v) is 8.95. The van der Waals surface area contributed by atoms with E-state index in [0.717, 1.165) is 33.9 Å². The van der Waals surface area contributed by atoms with Crippen molar-refractivity contribution >= 4 is 5.65 Å². The van der Waals surface area contributed by atoms with Crippen LogP contribution in [0.15, 0.2) is 79.0 Å². The molecule has 2 aromatic carbocycles. The maximum Gasteiger partial charge on any atom is 0.216 e. The fourth-order valence-corrected chi connectivity index (χ4v) is 3.49. The number of methoxy groups -OCH3 is 1.